The van der Waals surface area contributed by atoms with Gasteiger partial charge in [0, 0.05) is 16.9 Å². The molecule has 0 saturated heterocycles. The number of rotatable bonds is 9. The van der Waals surface area contributed by atoms with Crippen molar-refractivity contribution in [3.05, 3.63) is 330 Å². The molecular formula is C68H47N. The fourth-order valence-electron chi connectivity index (χ4n) is 12.0. The van der Waals surface area contributed by atoms with Crippen molar-refractivity contribution < 1.29 is 0 Å². The van der Waals surface area contributed by atoms with Crippen molar-refractivity contribution in [1.82, 2.24) is 0 Å². The largest absolute Gasteiger partial charge is 0.310 e. The van der Waals surface area contributed by atoms with Crippen LogP contribution in [-0.2, 0) is 10.8 Å². The maximum Gasteiger partial charge on any atom is 0.0714 e. The van der Waals surface area contributed by atoms with Crippen LogP contribution in [0.25, 0.3) is 44.5 Å². The molecule has 0 heterocycles. The molecule has 0 radical (unpaired) electrons. The fraction of sp³-hybridized carbons (Fsp3) is 0.0294. The van der Waals surface area contributed by atoms with Crippen molar-refractivity contribution in [2.75, 3.05) is 4.90 Å². The lowest BCUT2D eigenvalue weighted by Gasteiger charge is -2.35. The van der Waals surface area contributed by atoms with E-state index in [-0.39, 0.29) is 0 Å². The van der Waals surface area contributed by atoms with Crippen LogP contribution in [0.15, 0.2) is 285 Å². The highest BCUT2D eigenvalue weighted by molar-refractivity contribution is 5.98. The van der Waals surface area contributed by atoms with Crippen LogP contribution in [0.3, 0.4) is 0 Å². The Hall–Kier alpha value is -8.78. The van der Waals surface area contributed by atoms with Gasteiger partial charge < -0.3 is 4.90 Å². The lowest BCUT2D eigenvalue weighted by molar-refractivity contribution is 0.768. The first-order valence-electron chi connectivity index (χ1n) is 24.0. The lowest BCUT2D eigenvalue weighted by Crippen LogP contribution is -2.29. The molecule has 1 heteroatoms. The molecule has 0 unspecified atom stereocenters. The third-order valence-corrected chi connectivity index (χ3v) is 14.8. The van der Waals surface area contributed by atoms with E-state index in [1.807, 2.05) is 0 Å². The molecule has 0 amide bonds. The van der Waals surface area contributed by atoms with Gasteiger partial charge in [-0.3, -0.25) is 0 Å². The summed E-state index contributed by atoms with van der Waals surface area (Å²) in [4.78, 5) is 2.52. The highest BCUT2D eigenvalue weighted by atomic mass is 15.1. The summed E-state index contributed by atoms with van der Waals surface area (Å²) in [6.45, 7) is 0. The molecule has 2 aliphatic carbocycles. The van der Waals surface area contributed by atoms with Crippen LogP contribution in [0.2, 0.25) is 0 Å². The van der Waals surface area contributed by atoms with E-state index in [2.05, 4.69) is 290 Å². The molecule has 0 N–H and O–H groups in total. The van der Waals surface area contributed by atoms with Crippen LogP contribution in [-0.4, -0.2) is 0 Å². The van der Waals surface area contributed by atoms with Gasteiger partial charge >= 0.3 is 0 Å². The number of nitrogens with zero attached hydrogens (tertiary/aromatic N) is 1. The van der Waals surface area contributed by atoms with Gasteiger partial charge in [0.15, 0.2) is 0 Å². The van der Waals surface area contributed by atoms with E-state index < -0.39 is 10.8 Å². The monoisotopic (exact) mass is 877 g/mol. The van der Waals surface area contributed by atoms with Gasteiger partial charge in [0.05, 0.1) is 16.5 Å². The van der Waals surface area contributed by atoms with Crippen LogP contribution in [0.4, 0.5) is 17.1 Å². The molecule has 0 aliphatic heterocycles. The van der Waals surface area contributed by atoms with Gasteiger partial charge in [0.25, 0.3) is 0 Å². The van der Waals surface area contributed by atoms with Gasteiger partial charge in [-0.05, 0) is 120 Å². The molecule has 69 heavy (non-hydrogen) atoms. The minimum absolute atomic E-state index is 0.543. The normalized spacial score (nSPS) is 13.4. The second-order valence-corrected chi connectivity index (χ2v) is 18.3. The minimum Gasteiger partial charge on any atom is -0.310 e. The molecule has 0 fully saturated rings. The molecule has 324 valence electrons. The van der Waals surface area contributed by atoms with Gasteiger partial charge in [-0.25, -0.2) is 0 Å². The standard InChI is InChI=1S/C68H47N/c1-6-22-48(23-7-1)50-24-20-25-51(46-50)49-40-42-56(43-41-49)69(57-44-45-59-58-34-16-18-36-61(58)68(64(59)47-57,54-30-12-4-13-31-54)55-32-14-5-15-33-55)65-39-21-38-63-66(65)60-35-17-19-37-62(60)67(63,52-26-8-2-9-27-52)53-28-10-3-11-29-53/h1-47H. The van der Waals surface area contributed by atoms with Crippen molar-refractivity contribution >= 4 is 17.1 Å². The minimum atomic E-state index is -0.551. The van der Waals surface area contributed by atoms with E-state index in [1.165, 1.54) is 89.0 Å². The van der Waals surface area contributed by atoms with Crippen molar-refractivity contribution in [3.8, 4) is 44.5 Å². The van der Waals surface area contributed by atoms with Crippen LogP contribution in [0, 0.1) is 0 Å². The van der Waals surface area contributed by atoms with Crippen LogP contribution >= 0.6 is 0 Å². The number of fused-ring (bicyclic) bond motifs is 6. The smallest absolute Gasteiger partial charge is 0.0714 e. The first-order valence-corrected chi connectivity index (χ1v) is 24.0. The lowest BCUT2D eigenvalue weighted by atomic mass is 9.67. The van der Waals surface area contributed by atoms with E-state index in [0.29, 0.717) is 0 Å². The number of hydrogen-bond donors (Lipinski definition) is 0. The molecule has 1 nitrogen and oxygen atoms in total. The van der Waals surface area contributed by atoms with Crippen molar-refractivity contribution in [2.45, 2.75) is 10.8 Å². The van der Waals surface area contributed by atoms with Crippen molar-refractivity contribution in [3.63, 3.8) is 0 Å². The summed E-state index contributed by atoms with van der Waals surface area (Å²) in [7, 11) is 0. The quantitative estimate of drug-likeness (QED) is 0.140. The Balaban J connectivity index is 1.07. The second kappa shape index (κ2) is 16.5. The van der Waals surface area contributed by atoms with Gasteiger partial charge in [-0.15, -0.1) is 0 Å². The highest BCUT2D eigenvalue weighted by Gasteiger charge is 2.49. The predicted molar refractivity (Wildman–Crippen MR) is 287 cm³/mol. The Bertz CT molecular complexity index is 3560. The van der Waals surface area contributed by atoms with Crippen LogP contribution in [0.1, 0.15) is 44.5 Å². The van der Waals surface area contributed by atoms with Crippen LogP contribution in [0.5, 0.6) is 0 Å². The van der Waals surface area contributed by atoms with Gasteiger partial charge in [-0.2, -0.15) is 0 Å². The molecule has 0 saturated carbocycles. The highest BCUT2D eigenvalue weighted by Crippen LogP contribution is 2.61. The van der Waals surface area contributed by atoms with Crippen molar-refractivity contribution in [2.24, 2.45) is 0 Å². The molecule has 0 spiro atoms. The maximum atomic E-state index is 2.52. The first-order chi connectivity index (χ1) is 34.2. The Morgan fingerprint density at radius 2 is 0.623 bits per heavy atom. The second-order valence-electron chi connectivity index (χ2n) is 18.3. The third-order valence-electron chi connectivity index (χ3n) is 14.8. The summed E-state index contributed by atoms with van der Waals surface area (Å²) >= 11 is 0. The molecule has 13 rings (SSSR count). The number of benzene rings is 11. The van der Waals surface area contributed by atoms with E-state index >= 15 is 0 Å². The summed E-state index contributed by atoms with van der Waals surface area (Å²) in [6.07, 6.45) is 0. The average molecular weight is 878 g/mol. The molecule has 11 aromatic carbocycles. The van der Waals surface area contributed by atoms with Gasteiger partial charge in [0.1, 0.15) is 0 Å². The third kappa shape index (κ3) is 6.24. The molecule has 0 aromatic heterocycles. The zero-order valence-electron chi connectivity index (χ0n) is 38.1. The number of hydrogen-bond acceptors (Lipinski definition) is 1. The Morgan fingerprint density at radius 3 is 1.19 bits per heavy atom. The van der Waals surface area contributed by atoms with E-state index in [1.54, 1.807) is 0 Å². The summed E-state index contributed by atoms with van der Waals surface area (Å²) in [5.41, 5.74) is 22.1. The summed E-state index contributed by atoms with van der Waals surface area (Å²) in [6, 6.07) is 106. The Labute approximate surface area is 404 Å². The van der Waals surface area contributed by atoms with Crippen LogP contribution < -0.4 is 4.90 Å². The maximum absolute atomic E-state index is 2.52. The molecule has 11 aromatic rings. The van der Waals surface area contributed by atoms with Gasteiger partial charge in [-0.1, -0.05) is 249 Å². The van der Waals surface area contributed by atoms with Crippen molar-refractivity contribution in [1.29, 1.82) is 0 Å². The average Bonchev–Trinajstić information content (AvgIpc) is 3.91. The number of anilines is 3. The SMILES string of the molecule is c1ccc(-c2cccc(-c3ccc(N(c4ccc5c(c4)C(c4ccccc4)(c4ccccc4)c4ccccc4-5)c4cccc5c4-c4ccccc4C5(c4ccccc4)c4ccccc4)cc3)c2)cc1. The molecule has 2 aliphatic rings. The predicted octanol–water partition coefficient (Wildman–Crippen LogP) is 17.2. The topological polar surface area (TPSA) is 3.24 Å². The van der Waals surface area contributed by atoms with Gasteiger partial charge in [0.2, 0.25) is 0 Å². The molecule has 0 bridgehead atoms. The van der Waals surface area contributed by atoms with E-state index in [0.717, 1.165) is 17.1 Å². The Kier molecular flexibility index (Phi) is 9.70. The summed E-state index contributed by atoms with van der Waals surface area (Å²) < 4.78 is 0. The summed E-state index contributed by atoms with van der Waals surface area (Å²) in [5, 5.41) is 0. The Morgan fingerprint density at radius 1 is 0.232 bits per heavy atom. The molecule has 0 atom stereocenters. The van der Waals surface area contributed by atoms with E-state index in [9.17, 15) is 0 Å². The first kappa shape index (κ1) is 40.5. The fourth-order valence-corrected chi connectivity index (χ4v) is 12.0. The zero-order valence-corrected chi connectivity index (χ0v) is 38.1. The molecular weight excluding hydrogens is 831 g/mol. The van der Waals surface area contributed by atoms with E-state index in [4.69, 9.17) is 0 Å². The summed E-state index contributed by atoms with van der Waals surface area (Å²) in [5.74, 6) is 0. The zero-order chi connectivity index (χ0) is 45.8.